The third-order valence-corrected chi connectivity index (χ3v) is 3.53. The highest BCUT2D eigenvalue weighted by Crippen LogP contribution is 2.23. The van der Waals surface area contributed by atoms with Gasteiger partial charge in [0.05, 0.1) is 11.7 Å². The van der Waals surface area contributed by atoms with E-state index < -0.39 is 0 Å². The molecule has 0 spiro atoms. The van der Waals surface area contributed by atoms with Gasteiger partial charge in [0, 0.05) is 11.7 Å². The average molecular weight is 221 g/mol. The quantitative estimate of drug-likeness (QED) is 0.849. The number of hydrogen-bond acceptors (Lipinski definition) is 2. The van der Waals surface area contributed by atoms with Gasteiger partial charge in [0.25, 0.3) is 0 Å². The second-order valence-corrected chi connectivity index (χ2v) is 4.81. The molecule has 2 rings (SSSR count). The van der Waals surface area contributed by atoms with Crippen molar-refractivity contribution in [2.45, 2.75) is 58.5 Å². The highest BCUT2D eigenvalue weighted by molar-refractivity contribution is 5.11. The zero-order valence-electron chi connectivity index (χ0n) is 10.7. The third-order valence-electron chi connectivity index (χ3n) is 3.53. The Morgan fingerprint density at radius 3 is 2.88 bits per heavy atom. The predicted molar refractivity (Wildman–Crippen MR) is 66.7 cm³/mol. The summed E-state index contributed by atoms with van der Waals surface area (Å²) in [6.45, 7) is 7.78. The van der Waals surface area contributed by atoms with Gasteiger partial charge in [-0.05, 0) is 45.2 Å². The molecule has 90 valence electrons. The van der Waals surface area contributed by atoms with Crippen LogP contribution >= 0.6 is 0 Å². The van der Waals surface area contributed by atoms with Gasteiger partial charge in [-0.1, -0.05) is 13.8 Å². The number of aromatic nitrogens is 2. The molecular formula is C13H23N3. The molecule has 0 saturated carbocycles. The smallest absolute Gasteiger partial charge is 0.0624 e. The van der Waals surface area contributed by atoms with E-state index in [1.807, 2.05) is 0 Å². The van der Waals surface area contributed by atoms with Crippen molar-refractivity contribution in [2.75, 3.05) is 6.54 Å². The third kappa shape index (κ3) is 2.29. The Hall–Kier alpha value is -0.830. The van der Waals surface area contributed by atoms with Crippen molar-refractivity contribution in [2.24, 2.45) is 0 Å². The molecule has 2 heterocycles. The minimum atomic E-state index is 0.603. The van der Waals surface area contributed by atoms with Crippen LogP contribution in [0.2, 0.25) is 0 Å². The number of aryl methyl sites for hydroxylation is 2. The van der Waals surface area contributed by atoms with Gasteiger partial charge in [-0.2, -0.15) is 5.10 Å². The summed E-state index contributed by atoms with van der Waals surface area (Å²) in [5.41, 5.74) is 2.64. The topological polar surface area (TPSA) is 29.9 Å². The first-order valence-electron chi connectivity index (χ1n) is 6.55. The van der Waals surface area contributed by atoms with Crippen LogP contribution in [0.25, 0.3) is 0 Å². The lowest BCUT2D eigenvalue weighted by Crippen LogP contribution is -2.37. The summed E-state index contributed by atoms with van der Waals surface area (Å²) >= 11 is 0. The molecule has 1 aliphatic heterocycles. The van der Waals surface area contributed by atoms with E-state index in [1.54, 1.807) is 0 Å². The van der Waals surface area contributed by atoms with Crippen molar-refractivity contribution in [3.05, 3.63) is 17.5 Å². The summed E-state index contributed by atoms with van der Waals surface area (Å²) < 4.78 is 2.29. The van der Waals surface area contributed by atoms with Crippen LogP contribution in [0.4, 0.5) is 0 Å². The number of nitrogens with zero attached hydrogens (tertiary/aromatic N) is 2. The maximum absolute atomic E-state index is 4.75. The summed E-state index contributed by atoms with van der Waals surface area (Å²) in [5, 5.41) is 8.25. The van der Waals surface area contributed by atoms with E-state index in [2.05, 4.69) is 36.8 Å². The fourth-order valence-corrected chi connectivity index (χ4v) is 2.57. The summed E-state index contributed by atoms with van der Waals surface area (Å²) in [6.07, 6.45) is 4.55. The Bertz CT molecular complexity index is 343. The lowest BCUT2D eigenvalue weighted by molar-refractivity contribution is 0.289. The molecular weight excluding hydrogens is 198 g/mol. The molecule has 0 radical (unpaired) electrons. The summed E-state index contributed by atoms with van der Waals surface area (Å²) in [5.74, 6) is 0. The Morgan fingerprint density at radius 1 is 1.44 bits per heavy atom. The van der Waals surface area contributed by atoms with Gasteiger partial charge < -0.3 is 5.32 Å². The highest BCUT2D eigenvalue weighted by Gasteiger charge is 2.22. The van der Waals surface area contributed by atoms with E-state index in [9.17, 15) is 0 Å². The Kier molecular flexibility index (Phi) is 3.64. The molecule has 1 saturated heterocycles. The molecule has 3 heteroatoms. The second-order valence-electron chi connectivity index (χ2n) is 4.81. The van der Waals surface area contributed by atoms with Crippen molar-refractivity contribution in [3.8, 4) is 0 Å². The van der Waals surface area contributed by atoms with Crippen LogP contribution < -0.4 is 5.32 Å². The van der Waals surface area contributed by atoms with Crippen molar-refractivity contribution in [3.63, 3.8) is 0 Å². The van der Waals surface area contributed by atoms with Crippen LogP contribution in [0.15, 0.2) is 6.07 Å². The van der Waals surface area contributed by atoms with Gasteiger partial charge in [-0.15, -0.1) is 0 Å². The van der Waals surface area contributed by atoms with Crippen LogP contribution in [-0.4, -0.2) is 22.4 Å². The molecule has 2 atom stereocenters. The highest BCUT2D eigenvalue weighted by atomic mass is 15.3. The zero-order chi connectivity index (χ0) is 11.5. The molecule has 0 amide bonds. The molecule has 2 unspecified atom stereocenters. The minimum Gasteiger partial charge on any atom is -0.314 e. The van der Waals surface area contributed by atoms with Gasteiger partial charge in [-0.25, -0.2) is 0 Å². The van der Waals surface area contributed by atoms with E-state index in [1.165, 1.54) is 24.2 Å². The van der Waals surface area contributed by atoms with Gasteiger partial charge in [0.15, 0.2) is 0 Å². The molecule has 0 aromatic carbocycles. The summed E-state index contributed by atoms with van der Waals surface area (Å²) in [4.78, 5) is 0. The summed E-state index contributed by atoms with van der Waals surface area (Å²) in [7, 11) is 0. The fourth-order valence-electron chi connectivity index (χ4n) is 2.57. The lowest BCUT2D eigenvalue weighted by Gasteiger charge is -2.29. The van der Waals surface area contributed by atoms with E-state index in [4.69, 9.17) is 5.10 Å². The predicted octanol–water partition coefficient (Wildman–Crippen LogP) is 2.32. The molecule has 16 heavy (non-hydrogen) atoms. The Morgan fingerprint density at radius 2 is 2.25 bits per heavy atom. The molecule has 1 aromatic heterocycles. The van der Waals surface area contributed by atoms with E-state index in [-0.39, 0.29) is 0 Å². The minimum absolute atomic E-state index is 0.603. The maximum Gasteiger partial charge on any atom is 0.0624 e. The van der Waals surface area contributed by atoms with Crippen molar-refractivity contribution < 1.29 is 0 Å². The van der Waals surface area contributed by atoms with Gasteiger partial charge in [-0.3, -0.25) is 4.68 Å². The van der Waals surface area contributed by atoms with Crippen LogP contribution in [0.3, 0.4) is 0 Å². The van der Waals surface area contributed by atoms with E-state index in [0.717, 1.165) is 19.4 Å². The molecule has 0 bridgehead atoms. The second kappa shape index (κ2) is 5.00. The standard InChI is InChI=1S/C13H23N3/c1-4-11-9-12(5-2)16(15-11)13-6-7-14-10(3)8-13/h9-10,13-14H,4-8H2,1-3H3. The van der Waals surface area contributed by atoms with Crippen LogP contribution in [-0.2, 0) is 12.8 Å². The monoisotopic (exact) mass is 221 g/mol. The Balaban J connectivity index is 2.20. The molecule has 1 aromatic rings. The maximum atomic E-state index is 4.75. The number of rotatable bonds is 3. The molecule has 1 fully saturated rings. The van der Waals surface area contributed by atoms with E-state index >= 15 is 0 Å². The normalized spacial score (nSPS) is 25.9. The zero-order valence-corrected chi connectivity index (χ0v) is 10.7. The lowest BCUT2D eigenvalue weighted by atomic mass is 10.0. The largest absolute Gasteiger partial charge is 0.314 e. The van der Waals surface area contributed by atoms with Crippen LogP contribution in [0.5, 0.6) is 0 Å². The first kappa shape index (κ1) is 11.6. The Labute approximate surface area is 98.2 Å². The molecule has 3 nitrogen and oxygen atoms in total. The van der Waals surface area contributed by atoms with Gasteiger partial charge in [0.1, 0.15) is 0 Å². The fraction of sp³-hybridized carbons (Fsp3) is 0.769. The van der Waals surface area contributed by atoms with E-state index in [0.29, 0.717) is 12.1 Å². The number of nitrogens with one attached hydrogen (secondary N) is 1. The van der Waals surface area contributed by atoms with Gasteiger partial charge >= 0.3 is 0 Å². The van der Waals surface area contributed by atoms with Gasteiger partial charge in [0.2, 0.25) is 0 Å². The number of piperidine rings is 1. The molecule has 0 aliphatic carbocycles. The number of hydrogen-bond donors (Lipinski definition) is 1. The van der Waals surface area contributed by atoms with Crippen molar-refractivity contribution >= 4 is 0 Å². The SMILES string of the molecule is CCc1cc(CC)n(C2CCNC(C)C2)n1. The van der Waals surface area contributed by atoms with Crippen LogP contribution in [0, 0.1) is 0 Å². The van der Waals surface area contributed by atoms with Crippen molar-refractivity contribution in [1.29, 1.82) is 0 Å². The van der Waals surface area contributed by atoms with Crippen LogP contribution in [0.1, 0.15) is 51.0 Å². The summed E-state index contributed by atoms with van der Waals surface area (Å²) in [6, 6.07) is 3.50. The average Bonchev–Trinajstić information content (AvgIpc) is 2.72. The molecule has 1 N–H and O–H groups in total. The first-order chi connectivity index (χ1) is 7.74. The first-order valence-corrected chi connectivity index (χ1v) is 6.55. The van der Waals surface area contributed by atoms with Crippen molar-refractivity contribution in [1.82, 2.24) is 15.1 Å². The molecule has 1 aliphatic rings.